The van der Waals surface area contributed by atoms with E-state index in [9.17, 15) is 0 Å². The van der Waals surface area contributed by atoms with Gasteiger partial charge in [-0.05, 0) is 26.7 Å². The number of aryl methyl sites for hydroxylation is 1. The average molecular weight is 319 g/mol. The molecule has 0 unspecified atom stereocenters. The zero-order valence-electron chi connectivity index (χ0n) is 10.2. The van der Waals surface area contributed by atoms with Gasteiger partial charge in [0.05, 0.1) is 18.3 Å². The summed E-state index contributed by atoms with van der Waals surface area (Å²) in [4.78, 5) is 1.57. The van der Waals surface area contributed by atoms with Crippen LogP contribution >= 0.6 is 15.9 Å². The van der Waals surface area contributed by atoms with Gasteiger partial charge in [-0.3, -0.25) is 4.68 Å². The maximum absolute atomic E-state index is 4.36. The molecule has 3 aromatic rings. The highest BCUT2D eigenvalue weighted by atomic mass is 79.9. The highest BCUT2D eigenvalue weighted by molar-refractivity contribution is 9.10. The van der Waals surface area contributed by atoms with Gasteiger partial charge in [-0.25, -0.2) is 0 Å². The third kappa shape index (κ3) is 2.41. The Kier molecular flexibility index (Phi) is 3.12. The second-order valence-electron chi connectivity index (χ2n) is 4.10. The average Bonchev–Trinajstić information content (AvgIpc) is 3.00. The molecule has 96 valence electrons. The van der Waals surface area contributed by atoms with E-state index in [2.05, 4.69) is 36.4 Å². The summed E-state index contributed by atoms with van der Waals surface area (Å²) in [5.41, 5.74) is 1.97. The van der Waals surface area contributed by atoms with Crippen LogP contribution in [0, 0.1) is 0 Å². The lowest BCUT2D eigenvalue weighted by atomic mass is 10.2. The Labute approximate surface area is 118 Å². The van der Waals surface area contributed by atoms with Gasteiger partial charge in [0.25, 0.3) is 0 Å². The summed E-state index contributed by atoms with van der Waals surface area (Å²) in [6.45, 7) is 0.603. The number of benzene rings is 1. The maximum Gasteiger partial charge on any atom is 0.209 e. The van der Waals surface area contributed by atoms with Crippen molar-refractivity contribution in [1.82, 2.24) is 30.0 Å². The molecule has 0 fully saturated rings. The van der Waals surface area contributed by atoms with Crippen LogP contribution in [0.3, 0.4) is 0 Å². The van der Waals surface area contributed by atoms with Gasteiger partial charge < -0.3 is 0 Å². The van der Waals surface area contributed by atoms with Gasteiger partial charge >= 0.3 is 0 Å². The van der Waals surface area contributed by atoms with Crippen molar-refractivity contribution in [3.05, 3.63) is 46.7 Å². The second-order valence-corrected chi connectivity index (χ2v) is 4.85. The molecule has 2 heterocycles. The molecule has 0 atom stereocenters. The molecule has 0 radical (unpaired) electrons. The molecule has 0 spiro atoms. The van der Waals surface area contributed by atoms with E-state index in [1.807, 2.05) is 37.4 Å². The van der Waals surface area contributed by atoms with Gasteiger partial charge in [-0.2, -0.15) is 9.90 Å². The minimum absolute atomic E-state index is 0.566. The smallest absolute Gasteiger partial charge is 0.209 e. The van der Waals surface area contributed by atoms with Crippen molar-refractivity contribution in [2.75, 3.05) is 0 Å². The van der Waals surface area contributed by atoms with Crippen LogP contribution in [0.1, 0.15) is 5.56 Å². The zero-order valence-corrected chi connectivity index (χ0v) is 11.8. The van der Waals surface area contributed by atoms with Gasteiger partial charge in [-0.15, -0.1) is 10.2 Å². The number of tetrazole rings is 1. The van der Waals surface area contributed by atoms with Gasteiger partial charge in [-0.1, -0.05) is 30.3 Å². The topological polar surface area (TPSA) is 61.4 Å². The molecular weight excluding hydrogens is 308 g/mol. The molecule has 3 rings (SSSR count). The van der Waals surface area contributed by atoms with Crippen LogP contribution in [0.5, 0.6) is 0 Å². The van der Waals surface area contributed by atoms with E-state index in [4.69, 9.17) is 0 Å². The van der Waals surface area contributed by atoms with Crippen molar-refractivity contribution in [1.29, 1.82) is 0 Å². The lowest BCUT2D eigenvalue weighted by molar-refractivity contribution is 0.573. The second kappa shape index (κ2) is 4.93. The highest BCUT2D eigenvalue weighted by Crippen LogP contribution is 2.23. The van der Waals surface area contributed by atoms with E-state index in [-0.39, 0.29) is 0 Å². The summed E-state index contributed by atoms with van der Waals surface area (Å²) in [6.07, 6.45) is 1.72. The molecule has 6 nitrogen and oxygen atoms in total. The van der Waals surface area contributed by atoms with E-state index in [1.165, 1.54) is 0 Å². The minimum Gasteiger partial charge on any atom is -0.261 e. The number of nitrogens with zero attached hydrogens (tertiary/aromatic N) is 6. The molecule has 0 aliphatic carbocycles. The molecule has 2 aromatic heterocycles. The minimum atomic E-state index is 0.566. The van der Waals surface area contributed by atoms with E-state index in [0.29, 0.717) is 12.4 Å². The normalized spacial score (nSPS) is 10.8. The lowest BCUT2D eigenvalue weighted by Crippen LogP contribution is -2.03. The Bertz CT molecular complexity index is 687. The van der Waals surface area contributed by atoms with Crippen molar-refractivity contribution < 1.29 is 0 Å². The first-order valence-electron chi connectivity index (χ1n) is 5.73. The molecule has 19 heavy (non-hydrogen) atoms. The monoisotopic (exact) mass is 318 g/mol. The fraction of sp³-hybridized carbons (Fsp3) is 0.167. The Morgan fingerprint density at radius 1 is 1.21 bits per heavy atom. The summed E-state index contributed by atoms with van der Waals surface area (Å²) < 4.78 is 2.56. The number of rotatable bonds is 3. The van der Waals surface area contributed by atoms with Gasteiger partial charge in [0.15, 0.2) is 0 Å². The summed E-state index contributed by atoms with van der Waals surface area (Å²) in [5, 5.41) is 16.6. The summed E-state index contributed by atoms with van der Waals surface area (Å²) in [5.74, 6) is 0.566. The first-order valence-corrected chi connectivity index (χ1v) is 6.53. The molecule has 0 saturated carbocycles. The van der Waals surface area contributed by atoms with Gasteiger partial charge in [0.1, 0.15) is 4.60 Å². The van der Waals surface area contributed by atoms with Gasteiger partial charge in [0, 0.05) is 7.05 Å². The van der Waals surface area contributed by atoms with Crippen LogP contribution in [-0.4, -0.2) is 30.0 Å². The molecule has 7 heteroatoms. The van der Waals surface area contributed by atoms with Crippen molar-refractivity contribution in [2.24, 2.45) is 7.05 Å². The summed E-state index contributed by atoms with van der Waals surface area (Å²) >= 11 is 3.45. The Balaban J connectivity index is 1.86. The fourth-order valence-electron chi connectivity index (χ4n) is 1.74. The fourth-order valence-corrected chi connectivity index (χ4v) is 2.11. The Morgan fingerprint density at radius 3 is 2.68 bits per heavy atom. The Hall–Kier alpha value is -2.02. The number of hydrogen-bond donors (Lipinski definition) is 0. The predicted octanol–water partition coefficient (Wildman–Crippen LogP) is 1.88. The molecule has 0 aliphatic rings. The van der Waals surface area contributed by atoms with E-state index >= 15 is 0 Å². The summed E-state index contributed by atoms with van der Waals surface area (Å²) in [6, 6.07) is 10.0. The first-order chi connectivity index (χ1) is 9.24. The quantitative estimate of drug-likeness (QED) is 0.739. The van der Waals surface area contributed by atoms with E-state index < -0.39 is 0 Å². The third-order valence-electron chi connectivity index (χ3n) is 2.73. The molecule has 1 aromatic carbocycles. The van der Waals surface area contributed by atoms with Crippen molar-refractivity contribution in [2.45, 2.75) is 6.54 Å². The largest absolute Gasteiger partial charge is 0.261 e. The van der Waals surface area contributed by atoms with Crippen molar-refractivity contribution in [3.63, 3.8) is 0 Å². The number of aromatic nitrogens is 6. The number of halogens is 1. The molecule has 0 N–H and O–H groups in total. The third-order valence-corrected chi connectivity index (χ3v) is 3.67. The van der Waals surface area contributed by atoms with E-state index in [0.717, 1.165) is 15.7 Å². The van der Waals surface area contributed by atoms with Crippen LogP contribution in [0.25, 0.3) is 11.4 Å². The van der Waals surface area contributed by atoms with Crippen LogP contribution in [0.15, 0.2) is 41.1 Å². The predicted molar refractivity (Wildman–Crippen MR) is 73.3 cm³/mol. The lowest BCUT2D eigenvalue weighted by Gasteiger charge is -1.97. The maximum atomic E-state index is 4.36. The van der Waals surface area contributed by atoms with E-state index in [1.54, 1.807) is 15.7 Å². The van der Waals surface area contributed by atoms with Crippen LogP contribution in [0.2, 0.25) is 0 Å². The highest BCUT2D eigenvalue weighted by Gasteiger charge is 2.13. The van der Waals surface area contributed by atoms with Crippen LogP contribution in [-0.2, 0) is 13.6 Å². The number of hydrogen-bond acceptors (Lipinski definition) is 4. The molecule has 0 bridgehead atoms. The van der Waals surface area contributed by atoms with Crippen molar-refractivity contribution in [3.8, 4) is 11.4 Å². The first kappa shape index (κ1) is 12.0. The van der Waals surface area contributed by atoms with Crippen LogP contribution in [0.4, 0.5) is 0 Å². The Morgan fingerprint density at radius 2 is 2.00 bits per heavy atom. The molecule has 0 aliphatic heterocycles. The molecular formula is C12H11BrN6. The SMILES string of the molecule is Cn1ncc(-c2nnn(Cc3ccccc3)n2)c1Br. The van der Waals surface area contributed by atoms with Gasteiger partial charge in [0.2, 0.25) is 5.82 Å². The molecule has 0 amide bonds. The van der Waals surface area contributed by atoms with Crippen molar-refractivity contribution >= 4 is 15.9 Å². The standard InChI is InChI=1S/C12H11BrN6/c1-18-11(13)10(7-14-18)12-15-17-19(16-12)8-9-5-3-2-4-6-9/h2-7H,8H2,1H3. The summed E-state index contributed by atoms with van der Waals surface area (Å²) in [7, 11) is 1.85. The zero-order chi connectivity index (χ0) is 13.2. The molecule has 0 saturated heterocycles. The van der Waals surface area contributed by atoms with Crippen LogP contribution < -0.4 is 0 Å².